The maximum atomic E-state index is 13.1. The Kier molecular flexibility index (Phi) is 5.56. The molecule has 8 heteroatoms. The normalized spacial score (nSPS) is 17.5. The van der Waals surface area contributed by atoms with E-state index in [1.165, 1.54) is 14.2 Å². The Balaban J connectivity index is 1.59. The molecule has 0 bridgehead atoms. The van der Waals surface area contributed by atoms with Gasteiger partial charge in [0.1, 0.15) is 0 Å². The van der Waals surface area contributed by atoms with E-state index in [0.717, 1.165) is 36.8 Å². The molecule has 4 rings (SSSR count). The number of ether oxygens (including phenoxy) is 2. The summed E-state index contributed by atoms with van der Waals surface area (Å²) in [5, 5.41) is 10.5. The van der Waals surface area contributed by atoms with E-state index in [4.69, 9.17) is 9.47 Å². The van der Waals surface area contributed by atoms with Crippen LogP contribution in [0.2, 0.25) is 0 Å². The van der Waals surface area contributed by atoms with Crippen molar-refractivity contribution < 1.29 is 24.2 Å². The Morgan fingerprint density at radius 2 is 1.42 bits per heavy atom. The van der Waals surface area contributed by atoms with Crippen molar-refractivity contribution in [2.45, 2.75) is 0 Å². The summed E-state index contributed by atoms with van der Waals surface area (Å²) in [6, 6.07) is 12.1. The van der Waals surface area contributed by atoms with Gasteiger partial charge in [-0.1, -0.05) is 6.07 Å². The Morgan fingerprint density at radius 1 is 0.806 bits per heavy atom. The summed E-state index contributed by atoms with van der Waals surface area (Å²) in [5.74, 6) is -1.03. The minimum absolute atomic E-state index is 0.0610. The van der Waals surface area contributed by atoms with E-state index in [1.807, 2.05) is 12.1 Å². The fourth-order valence-electron chi connectivity index (χ4n) is 3.88. The first kappa shape index (κ1) is 20.7. The van der Waals surface area contributed by atoms with Crippen LogP contribution in [0.1, 0.15) is 5.56 Å². The molecule has 0 unspecified atom stereocenters. The SMILES string of the molecule is COc1ccc(C2=C(O)C(=O)N(c3ccc(N4CCN(C)CC4)cc3)C2=O)cc1OC. The number of amides is 2. The lowest BCUT2D eigenvalue weighted by atomic mass is 10.0. The summed E-state index contributed by atoms with van der Waals surface area (Å²) in [6.45, 7) is 3.81. The molecule has 1 fully saturated rings. The smallest absolute Gasteiger partial charge is 0.301 e. The third kappa shape index (κ3) is 3.70. The Hall–Kier alpha value is -3.52. The van der Waals surface area contributed by atoms with Gasteiger partial charge in [0.25, 0.3) is 5.91 Å². The highest BCUT2D eigenvalue weighted by atomic mass is 16.5. The Bertz CT molecular complexity index is 1040. The molecule has 8 nitrogen and oxygen atoms in total. The molecule has 0 spiro atoms. The number of carbonyl (C=O) groups excluding carboxylic acids is 2. The molecular weight excluding hydrogens is 398 g/mol. The fraction of sp³-hybridized carbons (Fsp3) is 0.304. The molecule has 2 aliphatic rings. The van der Waals surface area contributed by atoms with Gasteiger partial charge in [-0.05, 0) is 49.0 Å². The number of aliphatic hydroxyl groups excluding tert-OH is 1. The molecule has 0 radical (unpaired) electrons. The van der Waals surface area contributed by atoms with Crippen LogP contribution in [0.4, 0.5) is 11.4 Å². The maximum absolute atomic E-state index is 13.1. The van der Waals surface area contributed by atoms with Crippen LogP contribution in [-0.2, 0) is 9.59 Å². The van der Waals surface area contributed by atoms with Crippen LogP contribution in [0.3, 0.4) is 0 Å². The first-order valence-electron chi connectivity index (χ1n) is 10.0. The minimum atomic E-state index is -0.748. The second-order valence-corrected chi connectivity index (χ2v) is 7.55. The largest absolute Gasteiger partial charge is 0.502 e. The average Bonchev–Trinajstić information content (AvgIpc) is 3.02. The van der Waals surface area contributed by atoms with Gasteiger partial charge < -0.3 is 24.4 Å². The quantitative estimate of drug-likeness (QED) is 0.739. The van der Waals surface area contributed by atoms with Crippen molar-refractivity contribution >= 4 is 28.8 Å². The average molecular weight is 423 g/mol. The summed E-state index contributed by atoms with van der Waals surface area (Å²) in [6.07, 6.45) is 0. The Labute approximate surface area is 180 Å². The summed E-state index contributed by atoms with van der Waals surface area (Å²) in [5.41, 5.74) is 1.77. The fourth-order valence-corrected chi connectivity index (χ4v) is 3.88. The van der Waals surface area contributed by atoms with Gasteiger partial charge in [-0.15, -0.1) is 0 Å². The van der Waals surface area contributed by atoms with E-state index in [0.29, 0.717) is 22.7 Å². The molecule has 0 aromatic heterocycles. The molecular formula is C23H25N3O5. The molecule has 2 amide bonds. The van der Waals surface area contributed by atoms with Crippen LogP contribution in [0.5, 0.6) is 11.5 Å². The van der Waals surface area contributed by atoms with Gasteiger partial charge in [-0.25, -0.2) is 4.90 Å². The van der Waals surface area contributed by atoms with Crippen LogP contribution in [0.25, 0.3) is 5.57 Å². The van der Waals surface area contributed by atoms with Gasteiger partial charge in [0.2, 0.25) is 0 Å². The minimum Gasteiger partial charge on any atom is -0.502 e. The lowest BCUT2D eigenvalue weighted by Crippen LogP contribution is -2.44. The molecule has 2 aromatic carbocycles. The predicted molar refractivity (Wildman–Crippen MR) is 118 cm³/mol. The second-order valence-electron chi connectivity index (χ2n) is 7.55. The van der Waals surface area contributed by atoms with Crippen molar-refractivity contribution in [3.05, 3.63) is 53.8 Å². The van der Waals surface area contributed by atoms with E-state index in [1.54, 1.807) is 30.3 Å². The number of anilines is 2. The van der Waals surface area contributed by atoms with Crippen molar-refractivity contribution in [2.24, 2.45) is 0 Å². The number of hydrogen-bond acceptors (Lipinski definition) is 7. The molecule has 2 aromatic rings. The molecule has 2 heterocycles. The summed E-state index contributed by atoms with van der Waals surface area (Å²) < 4.78 is 10.5. The van der Waals surface area contributed by atoms with E-state index in [-0.39, 0.29) is 5.57 Å². The van der Waals surface area contributed by atoms with Crippen molar-refractivity contribution in [3.8, 4) is 11.5 Å². The lowest BCUT2D eigenvalue weighted by Gasteiger charge is -2.34. The van der Waals surface area contributed by atoms with Gasteiger partial charge in [0, 0.05) is 31.9 Å². The summed E-state index contributed by atoms with van der Waals surface area (Å²) >= 11 is 0. The maximum Gasteiger partial charge on any atom is 0.301 e. The molecule has 2 aliphatic heterocycles. The number of aliphatic hydroxyl groups is 1. The number of methoxy groups -OCH3 is 2. The van der Waals surface area contributed by atoms with Crippen LogP contribution in [0, 0.1) is 0 Å². The first-order valence-corrected chi connectivity index (χ1v) is 10.0. The standard InChI is InChI=1S/C23H25N3O5/c1-24-10-12-25(13-11-24)16-5-7-17(8-6-16)26-22(28)20(21(27)23(26)29)15-4-9-18(30-2)19(14-15)31-3/h4-9,14,27H,10-13H2,1-3H3. The molecule has 1 N–H and O–H groups in total. The molecule has 0 saturated carbocycles. The highest BCUT2D eigenvalue weighted by Gasteiger charge is 2.40. The van der Waals surface area contributed by atoms with E-state index < -0.39 is 17.6 Å². The zero-order valence-electron chi connectivity index (χ0n) is 17.8. The topological polar surface area (TPSA) is 82.6 Å². The second kappa shape index (κ2) is 8.31. The molecule has 0 aliphatic carbocycles. The van der Waals surface area contributed by atoms with Gasteiger partial charge in [0.05, 0.1) is 25.5 Å². The molecule has 162 valence electrons. The van der Waals surface area contributed by atoms with Gasteiger partial charge >= 0.3 is 5.91 Å². The number of piperazine rings is 1. The third-order valence-corrected chi connectivity index (χ3v) is 5.71. The van der Waals surface area contributed by atoms with Gasteiger partial charge in [-0.3, -0.25) is 9.59 Å². The van der Waals surface area contributed by atoms with Crippen LogP contribution in [0.15, 0.2) is 48.2 Å². The highest BCUT2D eigenvalue weighted by molar-refractivity contribution is 6.44. The zero-order chi connectivity index (χ0) is 22.1. The van der Waals surface area contributed by atoms with Crippen LogP contribution in [-0.4, -0.2) is 69.3 Å². The number of hydrogen-bond donors (Lipinski definition) is 1. The molecule has 1 saturated heterocycles. The molecule has 0 atom stereocenters. The number of imide groups is 1. The number of rotatable bonds is 5. The van der Waals surface area contributed by atoms with Crippen molar-refractivity contribution in [1.29, 1.82) is 0 Å². The van der Waals surface area contributed by atoms with E-state index in [2.05, 4.69) is 16.8 Å². The molecule has 31 heavy (non-hydrogen) atoms. The van der Waals surface area contributed by atoms with Crippen LogP contribution >= 0.6 is 0 Å². The highest BCUT2D eigenvalue weighted by Crippen LogP contribution is 2.36. The lowest BCUT2D eigenvalue weighted by molar-refractivity contribution is -0.121. The summed E-state index contributed by atoms with van der Waals surface area (Å²) in [4.78, 5) is 31.4. The number of benzene rings is 2. The van der Waals surface area contributed by atoms with Crippen molar-refractivity contribution in [2.75, 3.05) is 57.2 Å². The van der Waals surface area contributed by atoms with E-state index in [9.17, 15) is 14.7 Å². The van der Waals surface area contributed by atoms with Crippen LogP contribution < -0.4 is 19.3 Å². The van der Waals surface area contributed by atoms with E-state index >= 15 is 0 Å². The summed E-state index contributed by atoms with van der Waals surface area (Å²) in [7, 11) is 5.08. The zero-order valence-corrected chi connectivity index (χ0v) is 17.8. The Morgan fingerprint density at radius 3 is 2.03 bits per heavy atom. The predicted octanol–water partition coefficient (Wildman–Crippen LogP) is 2.30. The number of likely N-dealkylation sites (N-methyl/N-ethyl adjacent to an activating group) is 1. The number of nitrogens with zero attached hydrogens (tertiary/aromatic N) is 3. The van der Waals surface area contributed by atoms with Gasteiger partial charge in [-0.2, -0.15) is 0 Å². The monoisotopic (exact) mass is 423 g/mol. The third-order valence-electron chi connectivity index (χ3n) is 5.71. The van der Waals surface area contributed by atoms with Crippen molar-refractivity contribution in [1.82, 2.24) is 4.90 Å². The van der Waals surface area contributed by atoms with Crippen molar-refractivity contribution in [3.63, 3.8) is 0 Å². The number of carbonyl (C=O) groups is 2. The van der Waals surface area contributed by atoms with Gasteiger partial charge in [0.15, 0.2) is 17.3 Å². The first-order chi connectivity index (χ1) is 14.9.